The van der Waals surface area contributed by atoms with Gasteiger partial charge >= 0.3 is 5.97 Å². The van der Waals surface area contributed by atoms with Crippen molar-refractivity contribution < 1.29 is 105 Å². The topological polar surface area (TPSA) is 178 Å². The zero-order valence-corrected chi connectivity index (χ0v) is 39.3. The average molecular weight is 1020 g/mol. The molecule has 10 bridgehead atoms. The number of rotatable bonds is 1. The molecule has 9 aliphatic heterocycles. The first kappa shape index (κ1) is 47.9. The third kappa shape index (κ3) is 8.97. The second-order valence-electron chi connectivity index (χ2n) is 21.1. The van der Waals surface area contributed by atoms with Crippen molar-refractivity contribution in [2.24, 2.45) is 17.8 Å². The molecule has 8 fully saturated rings. The Bertz CT molecular complexity index is 1760. The number of allylic oxidation sites excluding steroid dienone is 3. The molecular weight excluding hydrogens is 953 g/mol. The first-order valence-corrected chi connectivity index (χ1v) is 23.2. The molecule has 62 heavy (non-hydrogen) atoms. The van der Waals surface area contributed by atoms with Crippen molar-refractivity contribution in [3.05, 3.63) is 30.2 Å². The summed E-state index contributed by atoms with van der Waals surface area (Å²) in [6, 6.07) is 0. The molecule has 9 aliphatic rings. The summed E-state index contributed by atoms with van der Waals surface area (Å²) in [5.41, 5.74) is -1.24. The molecule has 9 rings (SSSR count). The van der Waals surface area contributed by atoms with Crippen LogP contribution in [0.2, 0.25) is 0 Å². The molecule has 0 aromatic rings. The molecule has 2 spiro atoms. The molecule has 19 atom stereocenters. The zero-order chi connectivity index (χ0) is 43.3. The molecule has 5 unspecified atom stereocenters. The van der Waals surface area contributed by atoms with Gasteiger partial charge in [0.1, 0.15) is 42.2 Å². The Balaban J connectivity index is 0.00000529. The van der Waals surface area contributed by atoms with Crippen LogP contribution < -0.4 is 0 Å². The van der Waals surface area contributed by atoms with Crippen molar-refractivity contribution in [3.8, 4) is 0 Å². The quantitative estimate of drug-likeness (QED) is 0.180. The van der Waals surface area contributed by atoms with Crippen molar-refractivity contribution in [2.45, 2.75) is 227 Å². The Labute approximate surface area is 396 Å². The van der Waals surface area contributed by atoms with E-state index in [1.54, 1.807) is 26.3 Å². The second-order valence-corrected chi connectivity index (χ2v) is 21.1. The van der Waals surface area contributed by atoms with Crippen LogP contribution in [0.4, 0.5) is 0 Å². The van der Waals surface area contributed by atoms with Gasteiger partial charge in [-0.1, -0.05) is 44.1 Å². The number of aliphatic hydroxyl groups is 3. The van der Waals surface area contributed by atoms with Gasteiger partial charge in [0.15, 0.2) is 23.5 Å². The molecule has 0 amide bonds. The molecule has 0 aromatic heterocycles. The first-order chi connectivity index (χ1) is 28.7. The van der Waals surface area contributed by atoms with E-state index in [1.807, 2.05) is 19.9 Å². The summed E-state index contributed by atoms with van der Waals surface area (Å²) < 4.78 is 58.8. The van der Waals surface area contributed by atoms with Gasteiger partial charge in [-0.15, -0.1) is 0 Å². The van der Waals surface area contributed by atoms with Crippen molar-refractivity contribution in [1.29, 1.82) is 0 Å². The van der Waals surface area contributed by atoms with E-state index in [2.05, 4.69) is 26.8 Å². The molecular formula is C47H69HoO14-. The number of esters is 1. The second kappa shape index (κ2) is 17.5. The number of hydrogen-bond donors (Lipinski definition) is 3. The van der Waals surface area contributed by atoms with Gasteiger partial charge in [-0.25, -0.2) is 0 Å². The van der Waals surface area contributed by atoms with Gasteiger partial charge in [0, 0.05) is 76.4 Å². The Morgan fingerprint density at radius 3 is 2.37 bits per heavy atom. The number of carbonyl (C=O) groups excluding carboxylic acids is 2. The summed E-state index contributed by atoms with van der Waals surface area (Å²) in [7, 11) is 0. The van der Waals surface area contributed by atoms with Crippen LogP contribution in [0.15, 0.2) is 23.8 Å². The Morgan fingerprint density at radius 2 is 1.60 bits per heavy atom. The molecule has 3 N–H and O–H groups in total. The van der Waals surface area contributed by atoms with E-state index in [0.29, 0.717) is 45.1 Å². The number of Topliss-reactive ketones (excluding diaryl/α,β-unsaturated/α-hetero) is 1. The van der Waals surface area contributed by atoms with Crippen LogP contribution in [-0.4, -0.2) is 129 Å². The van der Waals surface area contributed by atoms with Gasteiger partial charge in [-0.2, -0.15) is 5.92 Å². The summed E-state index contributed by atoms with van der Waals surface area (Å²) in [6.07, 6.45) is 6.52. The standard InChI is InChI=1S/C47H69O14.Ho/c1-26-10-11-32-38(36(49)40(54-32)46(52)23-27(2)14-20-53-46)55-41(51)29(4)31-9-8-15-45(56-31)17-12-33(57-45)39(50)44(7)24-30(48)37(60-44)34-25-43(6)18-19-47(58-34,61-43)35-13-16-42(5,59-35)22-28(3)21-26;/h10-11,21,23,27-29,31-40,49-50,52H,8-9,12-20,22,24-25H2,1-7H3;/q-1;/b11-10+,26-21+;/t27-,28+,29-,31+,32?,33?,34-,35-,36+,37?,38+,39+,40?,42-,43?,44-,45-,46+,47+;/m1./s1. The third-order valence-corrected chi connectivity index (χ3v) is 15.5. The van der Waals surface area contributed by atoms with Crippen LogP contribution in [0.1, 0.15) is 132 Å². The predicted molar refractivity (Wildman–Crippen MR) is 217 cm³/mol. The fraction of sp³-hybridized carbons (Fsp3) is 0.851. The predicted octanol–water partition coefficient (Wildman–Crippen LogP) is 5.07. The summed E-state index contributed by atoms with van der Waals surface area (Å²) in [6.45, 7) is 14.2. The SMILES string of the molecule is CC1=C\[C@H](C)C[C@@]2(C)CC[C@@H](O2)[C@@]23CCC(C)(C[C@@H](O2)C2O[C@](C)(CC2=O)[C@@H](O)C2CC[C@@]4(CCC[C@H](O4)[C@@H](C)C(=O)O[C@H]4C(\C=C\1)OC([C@]1(O)[CH-][C@H](C)CCO1)[C@H]4O)O2)O3.[Ho]. The molecule has 14 nitrogen and oxygen atoms in total. The van der Waals surface area contributed by atoms with E-state index in [-0.39, 0.29) is 67.9 Å². The van der Waals surface area contributed by atoms with E-state index >= 15 is 0 Å². The summed E-state index contributed by atoms with van der Waals surface area (Å²) >= 11 is 0. The van der Waals surface area contributed by atoms with E-state index in [0.717, 1.165) is 44.1 Å². The maximum Gasteiger partial charge on any atom is 0.311 e. The van der Waals surface area contributed by atoms with Gasteiger partial charge in [-0.05, 0) is 85.5 Å². The van der Waals surface area contributed by atoms with Crippen LogP contribution >= 0.6 is 0 Å². The minimum Gasteiger partial charge on any atom is -0.456 e. The van der Waals surface area contributed by atoms with Crippen molar-refractivity contribution in [3.63, 3.8) is 0 Å². The smallest absolute Gasteiger partial charge is 0.311 e. The van der Waals surface area contributed by atoms with Gasteiger partial charge in [0.2, 0.25) is 0 Å². The van der Waals surface area contributed by atoms with Crippen molar-refractivity contribution >= 4 is 11.8 Å². The fourth-order valence-corrected chi connectivity index (χ4v) is 12.3. The average Bonchev–Trinajstić information content (AvgIpc) is 3.99. The van der Waals surface area contributed by atoms with Gasteiger partial charge < -0.3 is 58.0 Å². The van der Waals surface area contributed by atoms with Gasteiger partial charge in [0.05, 0.1) is 41.2 Å². The van der Waals surface area contributed by atoms with Crippen molar-refractivity contribution in [2.75, 3.05) is 6.61 Å². The first-order valence-electron chi connectivity index (χ1n) is 23.2. The van der Waals surface area contributed by atoms with E-state index < -0.39 is 101 Å². The molecule has 0 aliphatic carbocycles. The van der Waals surface area contributed by atoms with Crippen LogP contribution in [-0.2, 0) is 52.2 Å². The van der Waals surface area contributed by atoms with E-state index in [1.165, 1.54) is 0 Å². The number of fused-ring (bicyclic) bond motifs is 10. The summed E-state index contributed by atoms with van der Waals surface area (Å²) in [5.74, 6) is -5.22. The number of aliphatic hydroxyl groups excluding tert-OH is 2. The molecule has 8 saturated heterocycles. The Morgan fingerprint density at radius 1 is 0.823 bits per heavy atom. The fourth-order valence-electron chi connectivity index (χ4n) is 12.3. The van der Waals surface area contributed by atoms with E-state index in [4.69, 9.17) is 42.6 Å². The number of ether oxygens (including phenoxy) is 9. The number of ketones is 1. The minimum absolute atomic E-state index is 0. The van der Waals surface area contributed by atoms with Crippen LogP contribution in [0, 0.1) is 61.9 Å². The molecule has 0 saturated carbocycles. The maximum absolute atomic E-state index is 14.1. The number of carbonyl (C=O) groups is 2. The molecule has 9 heterocycles. The monoisotopic (exact) mass is 1020 g/mol. The molecule has 1 radical (unpaired) electrons. The van der Waals surface area contributed by atoms with Gasteiger partial charge in [-0.3, -0.25) is 16.0 Å². The normalized spacial score (nSPS) is 54.8. The third-order valence-electron chi connectivity index (χ3n) is 15.5. The Kier molecular flexibility index (Phi) is 13.5. The molecule has 353 valence electrons. The largest absolute Gasteiger partial charge is 0.456 e. The van der Waals surface area contributed by atoms with Crippen LogP contribution in [0.25, 0.3) is 0 Å². The Hall–Kier alpha value is -0.560. The maximum atomic E-state index is 14.1. The number of hydrogen-bond acceptors (Lipinski definition) is 14. The van der Waals surface area contributed by atoms with Crippen LogP contribution in [0.5, 0.6) is 0 Å². The van der Waals surface area contributed by atoms with Crippen LogP contribution in [0.3, 0.4) is 0 Å². The zero-order valence-electron chi connectivity index (χ0n) is 37.3. The van der Waals surface area contributed by atoms with Gasteiger partial charge in [0.25, 0.3) is 0 Å². The summed E-state index contributed by atoms with van der Waals surface area (Å²) in [5, 5.41) is 35.4. The van der Waals surface area contributed by atoms with Crippen molar-refractivity contribution in [1.82, 2.24) is 0 Å². The molecule has 15 heteroatoms. The summed E-state index contributed by atoms with van der Waals surface area (Å²) in [4.78, 5) is 28.0. The van der Waals surface area contributed by atoms with E-state index in [9.17, 15) is 24.9 Å². The molecule has 0 aromatic carbocycles. The minimum atomic E-state index is -1.87.